The molecule has 0 aromatic carbocycles. The van der Waals surface area contributed by atoms with Crippen molar-refractivity contribution in [3.05, 3.63) is 66.3 Å². The molecule has 1 aliphatic rings. The Labute approximate surface area is 168 Å². The van der Waals surface area contributed by atoms with Crippen molar-refractivity contribution >= 4 is 5.65 Å². The van der Waals surface area contributed by atoms with E-state index in [1.807, 2.05) is 54.3 Å². The third-order valence-corrected chi connectivity index (χ3v) is 5.44. The highest BCUT2D eigenvalue weighted by molar-refractivity contribution is 5.58. The first-order chi connectivity index (χ1) is 14.3. The number of likely N-dealkylation sites (tertiary alicyclic amines) is 1. The fourth-order valence-electron chi connectivity index (χ4n) is 3.84. The van der Waals surface area contributed by atoms with Crippen LogP contribution < -0.4 is 0 Å². The Morgan fingerprint density at radius 3 is 2.59 bits per heavy atom. The van der Waals surface area contributed by atoms with Crippen LogP contribution in [0.3, 0.4) is 0 Å². The van der Waals surface area contributed by atoms with E-state index in [1.54, 1.807) is 6.20 Å². The molecule has 0 aliphatic carbocycles. The quantitative estimate of drug-likeness (QED) is 0.533. The van der Waals surface area contributed by atoms with E-state index in [-0.39, 0.29) is 0 Å². The highest BCUT2D eigenvalue weighted by atomic mass is 15.4. The number of pyridine rings is 1. The van der Waals surface area contributed by atoms with Gasteiger partial charge in [-0.2, -0.15) is 9.61 Å². The average Bonchev–Trinajstić information content (AvgIpc) is 3.20. The van der Waals surface area contributed by atoms with Gasteiger partial charge in [0.1, 0.15) is 5.82 Å². The molecule has 5 heterocycles. The molecule has 0 saturated carbocycles. The molecule has 1 saturated heterocycles. The molecule has 8 nitrogen and oxygen atoms in total. The smallest absolute Gasteiger partial charge is 0.177 e. The highest BCUT2D eigenvalue weighted by Crippen LogP contribution is 2.28. The Hall–Kier alpha value is -3.26. The number of nitrogens with zero attached hydrogens (tertiary/aromatic N) is 8. The molecule has 146 valence electrons. The van der Waals surface area contributed by atoms with Crippen molar-refractivity contribution < 1.29 is 0 Å². The van der Waals surface area contributed by atoms with Crippen LogP contribution in [-0.4, -0.2) is 52.8 Å². The summed E-state index contributed by atoms with van der Waals surface area (Å²) in [6.07, 6.45) is 9.50. The number of hydrogen-bond donors (Lipinski definition) is 0. The summed E-state index contributed by atoms with van der Waals surface area (Å²) in [5.41, 5.74) is 3.81. The van der Waals surface area contributed by atoms with E-state index in [0.29, 0.717) is 5.92 Å². The van der Waals surface area contributed by atoms with Crippen LogP contribution in [0.4, 0.5) is 0 Å². The summed E-state index contributed by atoms with van der Waals surface area (Å²) in [5, 5.41) is 13.6. The molecule has 0 atom stereocenters. The lowest BCUT2D eigenvalue weighted by Gasteiger charge is -2.30. The van der Waals surface area contributed by atoms with Gasteiger partial charge in [0.15, 0.2) is 11.5 Å². The van der Waals surface area contributed by atoms with Crippen molar-refractivity contribution in [3.8, 4) is 11.3 Å². The van der Waals surface area contributed by atoms with Gasteiger partial charge in [-0.1, -0.05) is 0 Å². The van der Waals surface area contributed by atoms with Crippen molar-refractivity contribution in [3.63, 3.8) is 0 Å². The Balaban J connectivity index is 1.32. The number of hydrogen-bond acceptors (Lipinski definition) is 7. The summed E-state index contributed by atoms with van der Waals surface area (Å²) in [4.78, 5) is 15.2. The fraction of sp³-hybridized carbons (Fsp3) is 0.333. The van der Waals surface area contributed by atoms with Gasteiger partial charge in [0.05, 0.1) is 5.69 Å². The second kappa shape index (κ2) is 7.63. The molecule has 0 unspecified atom stereocenters. The maximum atomic E-state index is 4.80. The van der Waals surface area contributed by atoms with Crippen LogP contribution >= 0.6 is 0 Å². The van der Waals surface area contributed by atoms with Crippen molar-refractivity contribution in [1.29, 1.82) is 0 Å². The van der Waals surface area contributed by atoms with E-state index < -0.39 is 0 Å². The predicted molar refractivity (Wildman–Crippen MR) is 108 cm³/mol. The van der Waals surface area contributed by atoms with Gasteiger partial charge < -0.3 is 0 Å². The normalized spacial score (nSPS) is 15.8. The monoisotopic (exact) mass is 386 g/mol. The van der Waals surface area contributed by atoms with Gasteiger partial charge in [0.25, 0.3) is 0 Å². The molecule has 4 aromatic heterocycles. The largest absolute Gasteiger partial charge is 0.299 e. The molecule has 29 heavy (non-hydrogen) atoms. The molecular weight excluding hydrogens is 364 g/mol. The first-order valence-corrected chi connectivity index (χ1v) is 9.89. The minimum atomic E-state index is 0.354. The third kappa shape index (κ3) is 3.71. The zero-order valence-corrected chi connectivity index (χ0v) is 16.3. The number of aryl methyl sites for hydroxylation is 1. The van der Waals surface area contributed by atoms with Gasteiger partial charge in [-0.25, -0.2) is 9.97 Å². The summed E-state index contributed by atoms with van der Waals surface area (Å²) in [6.45, 7) is 4.81. The Bertz CT molecular complexity index is 1100. The van der Waals surface area contributed by atoms with Gasteiger partial charge in [-0.15, -0.1) is 10.2 Å². The lowest BCUT2D eigenvalue weighted by atomic mass is 9.96. The summed E-state index contributed by atoms with van der Waals surface area (Å²) in [5.74, 6) is 2.11. The second-order valence-corrected chi connectivity index (χ2v) is 7.48. The first-order valence-electron chi connectivity index (χ1n) is 9.89. The first kappa shape index (κ1) is 17.8. The number of piperidine rings is 1. The number of aromatic nitrogens is 7. The zero-order valence-electron chi connectivity index (χ0n) is 16.3. The summed E-state index contributed by atoms with van der Waals surface area (Å²) >= 11 is 0. The van der Waals surface area contributed by atoms with Gasteiger partial charge in [0.2, 0.25) is 0 Å². The van der Waals surface area contributed by atoms with E-state index in [1.165, 1.54) is 0 Å². The van der Waals surface area contributed by atoms with Gasteiger partial charge in [-0.05, 0) is 57.1 Å². The minimum Gasteiger partial charge on any atom is -0.299 e. The summed E-state index contributed by atoms with van der Waals surface area (Å²) in [6, 6.07) is 7.87. The van der Waals surface area contributed by atoms with Crippen LogP contribution in [-0.2, 0) is 6.54 Å². The Kier molecular flexibility index (Phi) is 4.69. The SMILES string of the molecule is Cc1ncc(CN2CCC(c3nnc4ccc(-c5cccnc5)nn34)CC2)cn1. The molecule has 4 aromatic rings. The van der Waals surface area contributed by atoms with Crippen molar-refractivity contribution in [1.82, 2.24) is 39.7 Å². The van der Waals surface area contributed by atoms with E-state index in [4.69, 9.17) is 5.10 Å². The summed E-state index contributed by atoms with van der Waals surface area (Å²) in [7, 11) is 0. The fourth-order valence-corrected chi connectivity index (χ4v) is 3.84. The van der Waals surface area contributed by atoms with Crippen molar-refractivity contribution in [2.24, 2.45) is 0 Å². The van der Waals surface area contributed by atoms with Crippen LogP contribution in [0.1, 0.15) is 36.0 Å². The lowest BCUT2D eigenvalue weighted by Crippen LogP contribution is -2.33. The van der Waals surface area contributed by atoms with E-state index in [2.05, 4.69) is 30.0 Å². The molecular formula is C21H22N8. The van der Waals surface area contributed by atoms with Crippen molar-refractivity contribution in [2.45, 2.75) is 32.2 Å². The zero-order chi connectivity index (χ0) is 19.6. The van der Waals surface area contributed by atoms with Crippen LogP contribution in [0.25, 0.3) is 16.9 Å². The van der Waals surface area contributed by atoms with E-state index in [9.17, 15) is 0 Å². The number of fused-ring (bicyclic) bond motifs is 1. The molecule has 5 rings (SSSR count). The number of rotatable bonds is 4. The Morgan fingerprint density at radius 2 is 1.83 bits per heavy atom. The molecule has 0 spiro atoms. The highest BCUT2D eigenvalue weighted by Gasteiger charge is 2.25. The van der Waals surface area contributed by atoms with Crippen LogP contribution in [0.15, 0.2) is 49.1 Å². The molecule has 1 aliphatic heterocycles. The average molecular weight is 386 g/mol. The van der Waals surface area contributed by atoms with Gasteiger partial charge >= 0.3 is 0 Å². The van der Waals surface area contributed by atoms with Crippen LogP contribution in [0.5, 0.6) is 0 Å². The van der Waals surface area contributed by atoms with Gasteiger partial charge in [-0.3, -0.25) is 9.88 Å². The van der Waals surface area contributed by atoms with E-state index >= 15 is 0 Å². The molecule has 1 fully saturated rings. The molecule has 0 N–H and O–H groups in total. The molecule has 0 bridgehead atoms. The second-order valence-electron chi connectivity index (χ2n) is 7.48. The van der Waals surface area contributed by atoms with Gasteiger partial charge in [0, 0.05) is 48.4 Å². The standard InChI is InChI=1S/C21H22N8/c1-15-23-11-16(12-24-15)14-28-9-6-17(7-10-28)21-26-25-20-5-4-19(27-29(20)21)18-3-2-8-22-13-18/h2-5,8,11-13,17H,6-7,9-10,14H2,1H3. The maximum absolute atomic E-state index is 4.80. The van der Waals surface area contributed by atoms with E-state index in [0.717, 1.165) is 66.6 Å². The lowest BCUT2D eigenvalue weighted by molar-refractivity contribution is 0.200. The predicted octanol–water partition coefficient (Wildman–Crippen LogP) is 2.66. The summed E-state index contributed by atoms with van der Waals surface area (Å²) < 4.78 is 1.90. The molecule has 0 amide bonds. The third-order valence-electron chi connectivity index (χ3n) is 5.44. The van der Waals surface area contributed by atoms with Crippen molar-refractivity contribution in [2.75, 3.05) is 13.1 Å². The molecule has 8 heteroatoms. The minimum absolute atomic E-state index is 0.354. The topological polar surface area (TPSA) is 85.0 Å². The maximum Gasteiger partial charge on any atom is 0.177 e. The Morgan fingerprint density at radius 1 is 1.00 bits per heavy atom. The van der Waals surface area contributed by atoms with Crippen LogP contribution in [0, 0.1) is 6.92 Å². The van der Waals surface area contributed by atoms with Crippen LogP contribution in [0.2, 0.25) is 0 Å². The molecule has 0 radical (unpaired) electrons.